The molecule has 0 fully saturated rings. The molecule has 1 amide bonds. The first-order chi connectivity index (χ1) is 10.6. The van der Waals surface area contributed by atoms with E-state index < -0.39 is 5.54 Å². The molecule has 5 nitrogen and oxygen atoms in total. The van der Waals surface area contributed by atoms with Crippen LogP contribution in [0.1, 0.15) is 23.9 Å². The Bertz CT molecular complexity index is 633. The lowest BCUT2D eigenvalue weighted by molar-refractivity contribution is -0.129. The van der Waals surface area contributed by atoms with Crippen LogP contribution < -0.4 is 10.6 Å². The van der Waals surface area contributed by atoms with Gasteiger partial charge in [0.2, 0.25) is 5.91 Å². The Balaban J connectivity index is 2.35. The number of rotatable bonds is 6. The van der Waals surface area contributed by atoms with Gasteiger partial charge in [0.15, 0.2) is 0 Å². The summed E-state index contributed by atoms with van der Waals surface area (Å²) in [4.78, 5) is 16.8. The first-order valence-corrected chi connectivity index (χ1v) is 8.06. The number of amides is 1. The third kappa shape index (κ3) is 3.04. The molecule has 0 aliphatic heterocycles. The molecule has 0 spiro atoms. The summed E-state index contributed by atoms with van der Waals surface area (Å²) in [5, 5.41) is 17.6. The lowest BCUT2D eigenvalue weighted by Gasteiger charge is -2.31. The van der Waals surface area contributed by atoms with E-state index in [0.29, 0.717) is 6.42 Å². The van der Waals surface area contributed by atoms with Gasteiger partial charge in [-0.05, 0) is 26.0 Å². The number of carbonyl (C=O) groups is 1. The minimum atomic E-state index is -0.848. The van der Waals surface area contributed by atoms with Crippen molar-refractivity contribution in [1.82, 2.24) is 15.6 Å². The summed E-state index contributed by atoms with van der Waals surface area (Å²) >= 11 is 1.61. The number of likely N-dealkylation sites (N-methyl/N-ethyl adjacent to an activating group) is 1. The van der Waals surface area contributed by atoms with E-state index in [9.17, 15) is 4.79 Å². The second-order valence-electron chi connectivity index (χ2n) is 5.00. The number of aliphatic hydroxyl groups is 1. The van der Waals surface area contributed by atoms with Gasteiger partial charge in [-0.25, -0.2) is 4.98 Å². The highest BCUT2D eigenvalue weighted by atomic mass is 32.1. The van der Waals surface area contributed by atoms with Crippen molar-refractivity contribution in [3.05, 3.63) is 40.2 Å². The molecule has 2 aromatic rings. The van der Waals surface area contributed by atoms with E-state index >= 15 is 0 Å². The van der Waals surface area contributed by atoms with E-state index in [1.807, 2.05) is 43.5 Å². The molecule has 0 saturated heterocycles. The van der Waals surface area contributed by atoms with Crippen LogP contribution in [0, 0.1) is 6.92 Å². The smallest absolute Gasteiger partial charge is 0.246 e. The van der Waals surface area contributed by atoms with Crippen LogP contribution >= 0.6 is 11.3 Å². The Hall–Kier alpha value is -1.76. The molecule has 0 bridgehead atoms. The molecule has 22 heavy (non-hydrogen) atoms. The maximum atomic E-state index is 12.3. The quantitative estimate of drug-likeness (QED) is 0.712. The molecule has 1 aromatic heterocycles. The third-order valence-electron chi connectivity index (χ3n) is 3.88. The molecule has 3 N–H and O–H groups in total. The fourth-order valence-corrected chi connectivity index (χ4v) is 3.20. The molecule has 1 aromatic carbocycles. The zero-order chi connectivity index (χ0) is 16.2. The van der Waals surface area contributed by atoms with Gasteiger partial charge in [0.1, 0.15) is 12.3 Å². The van der Waals surface area contributed by atoms with Gasteiger partial charge < -0.3 is 15.7 Å². The van der Waals surface area contributed by atoms with E-state index in [-0.39, 0.29) is 12.6 Å². The Morgan fingerprint density at radius 3 is 2.50 bits per heavy atom. The Morgan fingerprint density at radius 2 is 2.05 bits per heavy atom. The Kier molecular flexibility index (Phi) is 5.28. The van der Waals surface area contributed by atoms with Gasteiger partial charge in [0, 0.05) is 10.9 Å². The van der Waals surface area contributed by atoms with Crippen molar-refractivity contribution in [2.24, 2.45) is 0 Å². The number of hydrogen-bond donors (Lipinski definition) is 3. The van der Waals surface area contributed by atoms with Crippen molar-refractivity contribution < 1.29 is 9.90 Å². The molecule has 118 valence electrons. The predicted octanol–water partition coefficient (Wildman–Crippen LogP) is 2.01. The minimum Gasteiger partial charge on any atom is -0.376 e. The largest absolute Gasteiger partial charge is 0.376 e. The molecule has 0 aliphatic carbocycles. The van der Waals surface area contributed by atoms with Gasteiger partial charge in [0.25, 0.3) is 0 Å². The third-order valence-corrected chi connectivity index (χ3v) is 4.65. The highest BCUT2D eigenvalue weighted by molar-refractivity contribution is 7.09. The average Bonchev–Trinajstić information content (AvgIpc) is 2.97. The number of thiazole rings is 1. The molecule has 1 heterocycles. The van der Waals surface area contributed by atoms with Crippen LogP contribution in [0.15, 0.2) is 29.6 Å². The zero-order valence-electron chi connectivity index (χ0n) is 13.0. The summed E-state index contributed by atoms with van der Waals surface area (Å²) in [5.41, 5.74) is 1.98. The molecule has 0 unspecified atom stereocenters. The van der Waals surface area contributed by atoms with E-state index in [1.54, 1.807) is 18.4 Å². The van der Waals surface area contributed by atoms with Gasteiger partial charge in [-0.3, -0.25) is 4.79 Å². The van der Waals surface area contributed by atoms with Crippen molar-refractivity contribution in [3.8, 4) is 11.3 Å². The molecular formula is C16H21N3O2S. The van der Waals surface area contributed by atoms with E-state index in [2.05, 4.69) is 15.6 Å². The van der Waals surface area contributed by atoms with Crippen LogP contribution in [0.2, 0.25) is 0 Å². The van der Waals surface area contributed by atoms with Crippen LogP contribution in [0.3, 0.4) is 0 Å². The molecule has 0 radical (unpaired) electrons. The monoisotopic (exact) mass is 319 g/mol. The number of hydrogen-bond acceptors (Lipinski definition) is 5. The lowest BCUT2D eigenvalue weighted by atomic mass is 9.85. The molecule has 1 atom stereocenters. The molecule has 0 aliphatic rings. The van der Waals surface area contributed by atoms with E-state index in [4.69, 9.17) is 5.11 Å². The number of carbonyl (C=O) groups excluding carboxylic acids is 1. The van der Waals surface area contributed by atoms with Gasteiger partial charge in [-0.1, -0.05) is 31.2 Å². The fraction of sp³-hybridized carbons (Fsp3) is 0.375. The first kappa shape index (κ1) is 16.6. The van der Waals surface area contributed by atoms with Crippen molar-refractivity contribution in [1.29, 1.82) is 0 Å². The molecule has 2 rings (SSSR count). The summed E-state index contributed by atoms with van der Waals surface area (Å²) in [6.07, 6.45) is 0.574. The van der Waals surface area contributed by atoms with Crippen LogP contribution in [-0.4, -0.2) is 29.8 Å². The molecular weight excluding hydrogens is 298 g/mol. The SMILES string of the molecule is CC[C@@](NC)(C(=O)NCO)c1ccc(-c2csc(C)n2)cc1. The standard InChI is InChI=1S/C16H21N3O2S/c1-4-16(17-3,15(21)18-10-20)13-7-5-12(6-8-13)14-9-22-11(2)19-14/h5-9,17,20H,4,10H2,1-3H3,(H,18,21)/t16-/m0/s1. The Morgan fingerprint density at radius 1 is 1.36 bits per heavy atom. The summed E-state index contributed by atoms with van der Waals surface area (Å²) in [6, 6.07) is 7.80. The van der Waals surface area contributed by atoms with Crippen LogP contribution in [-0.2, 0) is 10.3 Å². The predicted molar refractivity (Wildman–Crippen MR) is 88.5 cm³/mol. The van der Waals surface area contributed by atoms with Gasteiger partial charge in [-0.2, -0.15) is 0 Å². The fourth-order valence-electron chi connectivity index (χ4n) is 2.57. The lowest BCUT2D eigenvalue weighted by Crippen LogP contribution is -2.52. The van der Waals surface area contributed by atoms with E-state index in [0.717, 1.165) is 21.8 Å². The summed E-state index contributed by atoms with van der Waals surface area (Å²) in [5.74, 6) is -0.239. The summed E-state index contributed by atoms with van der Waals surface area (Å²) in [6.45, 7) is 3.54. The van der Waals surface area contributed by atoms with Crippen molar-refractivity contribution in [2.45, 2.75) is 25.8 Å². The van der Waals surface area contributed by atoms with Crippen LogP contribution in [0.5, 0.6) is 0 Å². The topological polar surface area (TPSA) is 74.2 Å². The second kappa shape index (κ2) is 7.00. The number of benzene rings is 1. The van der Waals surface area contributed by atoms with Crippen LogP contribution in [0.4, 0.5) is 0 Å². The minimum absolute atomic E-state index is 0.239. The number of nitrogens with one attached hydrogen (secondary N) is 2. The average molecular weight is 319 g/mol. The normalized spacial score (nSPS) is 13.6. The highest BCUT2D eigenvalue weighted by Crippen LogP contribution is 2.28. The van der Waals surface area contributed by atoms with Crippen molar-refractivity contribution >= 4 is 17.2 Å². The number of aromatic nitrogens is 1. The second-order valence-corrected chi connectivity index (χ2v) is 6.06. The van der Waals surface area contributed by atoms with Gasteiger partial charge in [0.05, 0.1) is 10.7 Å². The van der Waals surface area contributed by atoms with Gasteiger partial charge >= 0.3 is 0 Å². The van der Waals surface area contributed by atoms with Crippen molar-refractivity contribution in [2.75, 3.05) is 13.8 Å². The van der Waals surface area contributed by atoms with Crippen molar-refractivity contribution in [3.63, 3.8) is 0 Å². The van der Waals surface area contributed by atoms with Gasteiger partial charge in [-0.15, -0.1) is 11.3 Å². The summed E-state index contributed by atoms with van der Waals surface area (Å²) in [7, 11) is 1.75. The Labute approximate surface area is 134 Å². The van der Waals surface area contributed by atoms with Crippen LogP contribution in [0.25, 0.3) is 11.3 Å². The number of nitrogens with zero attached hydrogens (tertiary/aromatic N) is 1. The zero-order valence-corrected chi connectivity index (χ0v) is 13.8. The first-order valence-electron chi connectivity index (χ1n) is 7.18. The molecule has 0 saturated carbocycles. The number of aliphatic hydroxyl groups excluding tert-OH is 1. The molecule has 6 heteroatoms. The summed E-state index contributed by atoms with van der Waals surface area (Å²) < 4.78 is 0. The number of aryl methyl sites for hydroxylation is 1. The van der Waals surface area contributed by atoms with E-state index in [1.165, 1.54) is 0 Å². The maximum Gasteiger partial charge on any atom is 0.246 e. The maximum absolute atomic E-state index is 12.3. The highest BCUT2D eigenvalue weighted by Gasteiger charge is 2.36.